The fourth-order valence-electron chi connectivity index (χ4n) is 4.02. The number of ether oxygens (including phenoxy) is 1. The summed E-state index contributed by atoms with van der Waals surface area (Å²) >= 11 is 1.11. The average Bonchev–Trinajstić information content (AvgIpc) is 3.29. The zero-order valence-corrected chi connectivity index (χ0v) is 20.5. The third-order valence-corrected chi connectivity index (χ3v) is 8.77. The molecule has 0 bridgehead atoms. The SMILES string of the molecule is COc1ccc(C)cc1S(=O)(=O)N(c1ncc(C(=O)c2ccccc2C)s1)C1CCNCC1. The molecule has 0 amide bonds. The molecule has 3 aromatic rings. The molecule has 1 N–H and O–H groups in total. The van der Waals surface area contributed by atoms with Crippen molar-refractivity contribution in [3.63, 3.8) is 0 Å². The third kappa shape index (κ3) is 4.66. The molecule has 0 unspecified atom stereocenters. The van der Waals surface area contributed by atoms with Crippen LogP contribution in [0.4, 0.5) is 5.13 Å². The summed E-state index contributed by atoms with van der Waals surface area (Å²) in [6.07, 6.45) is 2.77. The van der Waals surface area contributed by atoms with Gasteiger partial charge in [-0.05, 0) is 63.0 Å². The summed E-state index contributed by atoms with van der Waals surface area (Å²) in [6, 6.07) is 12.2. The maximum atomic E-state index is 14.0. The molecule has 0 aliphatic carbocycles. The average molecular weight is 486 g/mol. The van der Waals surface area contributed by atoms with Crippen molar-refractivity contribution in [2.75, 3.05) is 24.5 Å². The summed E-state index contributed by atoms with van der Waals surface area (Å²) in [5.74, 6) is 0.125. The predicted molar refractivity (Wildman–Crippen MR) is 130 cm³/mol. The van der Waals surface area contributed by atoms with Gasteiger partial charge in [0.25, 0.3) is 10.0 Å². The van der Waals surface area contributed by atoms with Crippen LogP contribution in [-0.4, -0.2) is 45.4 Å². The van der Waals surface area contributed by atoms with Crippen molar-refractivity contribution >= 4 is 32.3 Å². The Balaban J connectivity index is 1.79. The van der Waals surface area contributed by atoms with E-state index >= 15 is 0 Å². The van der Waals surface area contributed by atoms with Crippen LogP contribution in [0.1, 0.15) is 39.2 Å². The quantitative estimate of drug-likeness (QED) is 0.510. The molecule has 1 saturated heterocycles. The zero-order chi connectivity index (χ0) is 23.6. The predicted octanol–water partition coefficient (Wildman–Crippen LogP) is 3.95. The van der Waals surface area contributed by atoms with Gasteiger partial charge in [0.2, 0.25) is 5.78 Å². The van der Waals surface area contributed by atoms with E-state index in [2.05, 4.69) is 10.3 Å². The Bertz CT molecular complexity index is 1260. The van der Waals surface area contributed by atoms with Gasteiger partial charge in [-0.15, -0.1) is 0 Å². The van der Waals surface area contributed by atoms with Gasteiger partial charge in [-0.1, -0.05) is 41.7 Å². The van der Waals surface area contributed by atoms with E-state index in [9.17, 15) is 13.2 Å². The molecule has 4 rings (SSSR count). The van der Waals surface area contributed by atoms with Crippen LogP contribution in [0.5, 0.6) is 5.75 Å². The number of benzene rings is 2. The van der Waals surface area contributed by atoms with E-state index in [4.69, 9.17) is 4.74 Å². The Morgan fingerprint density at radius 3 is 2.58 bits per heavy atom. The number of carbonyl (C=O) groups is 1. The molecule has 33 heavy (non-hydrogen) atoms. The Kier molecular flexibility index (Phi) is 6.83. The first-order chi connectivity index (χ1) is 15.8. The highest BCUT2D eigenvalue weighted by Gasteiger charge is 2.37. The van der Waals surface area contributed by atoms with Crippen molar-refractivity contribution in [2.24, 2.45) is 0 Å². The lowest BCUT2D eigenvalue weighted by molar-refractivity contribution is 0.104. The second kappa shape index (κ2) is 9.62. The van der Waals surface area contributed by atoms with Gasteiger partial charge in [0.05, 0.1) is 24.2 Å². The highest BCUT2D eigenvalue weighted by atomic mass is 32.2. The van der Waals surface area contributed by atoms with Gasteiger partial charge in [-0.2, -0.15) is 0 Å². The fourth-order valence-corrected chi connectivity index (χ4v) is 7.08. The Labute approximate surface area is 198 Å². The molecule has 0 atom stereocenters. The topological polar surface area (TPSA) is 88.6 Å². The van der Waals surface area contributed by atoms with Crippen LogP contribution < -0.4 is 14.4 Å². The molecule has 1 fully saturated rings. The van der Waals surface area contributed by atoms with Crippen LogP contribution in [0.3, 0.4) is 0 Å². The molecular weight excluding hydrogens is 458 g/mol. The Morgan fingerprint density at radius 1 is 1.15 bits per heavy atom. The zero-order valence-electron chi connectivity index (χ0n) is 18.9. The molecule has 0 spiro atoms. The summed E-state index contributed by atoms with van der Waals surface area (Å²) < 4.78 is 34.7. The first kappa shape index (κ1) is 23.4. The number of piperidine rings is 1. The van der Waals surface area contributed by atoms with E-state index in [0.717, 1.165) is 22.5 Å². The molecular formula is C24H27N3O4S2. The first-order valence-electron chi connectivity index (χ1n) is 10.8. The van der Waals surface area contributed by atoms with E-state index in [1.54, 1.807) is 18.2 Å². The lowest BCUT2D eigenvalue weighted by Gasteiger charge is -2.33. The standard InChI is InChI=1S/C24H27N3O4S2/c1-16-8-9-20(31-3)22(14-16)33(29,30)27(18-10-12-25-13-11-18)24-26-15-21(32-24)23(28)19-7-5-4-6-17(19)2/h4-9,14-15,18,25H,10-13H2,1-3H3. The molecule has 1 aliphatic rings. The first-order valence-corrected chi connectivity index (χ1v) is 13.0. The summed E-state index contributed by atoms with van der Waals surface area (Å²) in [5.41, 5.74) is 2.27. The number of methoxy groups -OCH3 is 1. The number of hydrogen-bond donors (Lipinski definition) is 1. The van der Waals surface area contributed by atoms with Crippen LogP contribution >= 0.6 is 11.3 Å². The lowest BCUT2D eigenvalue weighted by atomic mass is 10.0. The number of anilines is 1. The smallest absolute Gasteiger partial charge is 0.270 e. The van der Waals surface area contributed by atoms with Crippen LogP contribution in [0, 0.1) is 13.8 Å². The van der Waals surface area contributed by atoms with E-state index < -0.39 is 10.0 Å². The van der Waals surface area contributed by atoms with Gasteiger partial charge >= 0.3 is 0 Å². The molecule has 9 heteroatoms. The van der Waals surface area contributed by atoms with E-state index in [1.807, 2.05) is 38.1 Å². The minimum absolute atomic E-state index is 0.102. The maximum absolute atomic E-state index is 14.0. The molecule has 174 valence electrons. The molecule has 2 heterocycles. The van der Waals surface area contributed by atoms with E-state index in [1.165, 1.54) is 17.6 Å². The highest BCUT2D eigenvalue weighted by molar-refractivity contribution is 7.93. The van der Waals surface area contributed by atoms with Gasteiger partial charge in [0.1, 0.15) is 10.6 Å². The summed E-state index contributed by atoms with van der Waals surface area (Å²) in [6.45, 7) is 5.14. The van der Waals surface area contributed by atoms with Gasteiger partial charge in [0.15, 0.2) is 5.13 Å². The minimum atomic E-state index is -3.99. The third-order valence-electron chi connectivity index (χ3n) is 5.79. The van der Waals surface area contributed by atoms with Crippen molar-refractivity contribution in [3.8, 4) is 5.75 Å². The molecule has 0 radical (unpaired) electrons. The van der Waals surface area contributed by atoms with E-state index in [0.29, 0.717) is 41.5 Å². The van der Waals surface area contributed by atoms with Crippen molar-refractivity contribution in [3.05, 3.63) is 70.2 Å². The minimum Gasteiger partial charge on any atom is -0.495 e. The van der Waals surface area contributed by atoms with Crippen molar-refractivity contribution in [1.29, 1.82) is 0 Å². The second-order valence-corrected chi connectivity index (χ2v) is 10.9. The van der Waals surface area contributed by atoms with Gasteiger partial charge in [-0.25, -0.2) is 17.7 Å². The van der Waals surface area contributed by atoms with Gasteiger partial charge in [-0.3, -0.25) is 4.79 Å². The Morgan fingerprint density at radius 2 is 1.88 bits per heavy atom. The second-order valence-electron chi connectivity index (χ2n) is 8.09. The van der Waals surface area contributed by atoms with Gasteiger partial charge in [0, 0.05) is 5.56 Å². The summed E-state index contributed by atoms with van der Waals surface area (Å²) in [7, 11) is -2.53. The number of nitrogens with zero attached hydrogens (tertiary/aromatic N) is 2. The number of ketones is 1. The number of sulfonamides is 1. The lowest BCUT2D eigenvalue weighted by Crippen LogP contribution is -2.46. The van der Waals surface area contributed by atoms with E-state index in [-0.39, 0.29) is 22.5 Å². The number of aryl methyl sites for hydroxylation is 2. The van der Waals surface area contributed by atoms with Crippen LogP contribution in [0.2, 0.25) is 0 Å². The van der Waals surface area contributed by atoms with Crippen molar-refractivity contribution in [2.45, 2.75) is 37.6 Å². The summed E-state index contributed by atoms with van der Waals surface area (Å²) in [5, 5.41) is 3.57. The summed E-state index contributed by atoms with van der Waals surface area (Å²) in [4.78, 5) is 18.0. The van der Waals surface area contributed by atoms with Crippen molar-refractivity contribution in [1.82, 2.24) is 10.3 Å². The maximum Gasteiger partial charge on any atom is 0.270 e. The molecule has 7 nitrogen and oxygen atoms in total. The molecule has 1 aliphatic heterocycles. The largest absolute Gasteiger partial charge is 0.495 e. The fraction of sp³-hybridized carbons (Fsp3) is 0.333. The number of hydrogen-bond acceptors (Lipinski definition) is 7. The monoisotopic (exact) mass is 485 g/mol. The van der Waals surface area contributed by atoms with Crippen LogP contribution in [0.25, 0.3) is 0 Å². The van der Waals surface area contributed by atoms with Crippen molar-refractivity contribution < 1.29 is 17.9 Å². The normalized spacial score (nSPS) is 14.8. The molecule has 1 aromatic heterocycles. The molecule has 2 aromatic carbocycles. The Hall–Kier alpha value is -2.75. The number of nitrogens with one attached hydrogen (secondary N) is 1. The molecule has 0 saturated carbocycles. The number of aromatic nitrogens is 1. The highest BCUT2D eigenvalue weighted by Crippen LogP contribution is 2.36. The van der Waals surface area contributed by atoms with Crippen LogP contribution in [0.15, 0.2) is 53.6 Å². The number of thiazole rings is 1. The number of carbonyl (C=O) groups excluding carboxylic acids is 1. The number of rotatable bonds is 7. The van der Waals surface area contributed by atoms with Gasteiger partial charge < -0.3 is 10.1 Å². The van der Waals surface area contributed by atoms with Crippen LogP contribution in [-0.2, 0) is 10.0 Å².